The number of aromatic carboxylic acids is 1. The number of hydrogen-bond acceptors (Lipinski definition) is 5. The maximum absolute atomic E-state index is 11.0. The second kappa shape index (κ2) is 6.55. The number of halogens is 1. The van der Waals surface area contributed by atoms with E-state index in [0.717, 1.165) is 0 Å². The zero-order valence-corrected chi connectivity index (χ0v) is 12.1. The Bertz CT molecular complexity index is 708. The number of carbonyl (C=O) groups is 1. The molecule has 0 bridgehead atoms. The average Bonchev–Trinajstić information content (AvgIpc) is 2.46. The molecule has 0 amide bonds. The van der Waals surface area contributed by atoms with Gasteiger partial charge in [-0.1, -0.05) is 11.6 Å². The number of rotatable bonds is 5. The summed E-state index contributed by atoms with van der Waals surface area (Å²) in [4.78, 5) is 25.7. The van der Waals surface area contributed by atoms with Gasteiger partial charge in [-0.05, 0) is 24.3 Å². The number of carboxylic acids is 1. The summed E-state index contributed by atoms with van der Waals surface area (Å²) in [5.74, 6) is -0.786. The number of benzene rings is 1. The van der Waals surface area contributed by atoms with Crippen molar-refractivity contribution in [3.8, 4) is 0 Å². The molecule has 0 atom stereocenters. The number of thioether (sulfide) groups is 1. The van der Waals surface area contributed by atoms with Crippen LogP contribution in [0.3, 0.4) is 0 Å². The highest BCUT2D eigenvalue weighted by atomic mass is 35.5. The third-order valence-corrected chi connectivity index (χ3v) is 3.87. The highest BCUT2D eigenvalue weighted by Crippen LogP contribution is 2.30. The number of aromatic nitrogens is 1. The maximum atomic E-state index is 11.0. The summed E-state index contributed by atoms with van der Waals surface area (Å²) in [6.07, 6.45) is 1.39. The van der Waals surface area contributed by atoms with E-state index in [1.54, 1.807) is 18.2 Å². The van der Waals surface area contributed by atoms with Gasteiger partial charge in [0.1, 0.15) is 5.69 Å². The first-order chi connectivity index (χ1) is 9.97. The lowest BCUT2D eigenvalue weighted by molar-refractivity contribution is -0.385. The van der Waals surface area contributed by atoms with Gasteiger partial charge in [0.25, 0.3) is 5.69 Å². The minimum atomic E-state index is -1.12. The fraction of sp³-hybridized carbons (Fsp3) is 0.0769. The third kappa shape index (κ3) is 3.93. The molecule has 1 aromatic heterocycles. The van der Waals surface area contributed by atoms with E-state index in [0.29, 0.717) is 21.2 Å². The van der Waals surface area contributed by atoms with Gasteiger partial charge in [-0.3, -0.25) is 10.1 Å². The van der Waals surface area contributed by atoms with Crippen molar-refractivity contribution in [1.82, 2.24) is 4.98 Å². The van der Waals surface area contributed by atoms with Gasteiger partial charge in [0, 0.05) is 33.5 Å². The van der Waals surface area contributed by atoms with Gasteiger partial charge in [-0.25, -0.2) is 9.78 Å². The van der Waals surface area contributed by atoms with Crippen molar-refractivity contribution < 1.29 is 14.8 Å². The molecule has 0 radical (unpaired) electrons. The normalized spacial score (nSPS) is 10.3. The minimum absolute atomic E-state index is 0.0532. The molecule has 8 heteroatoms. The Hall–Kier alpha value is -2.12. The topological polar surface area (TPSA) is 93.3 Å². The molecule has 2 aromatic rings. The zero-order valence-electron chi connectivity index (χ0n) is 10.5. The Morgan fingerprint density at radius 2 is 2.14 bits per heavy atom. The predicted octanol–water partition coefficient (Wildman–Crippen LogP) is 3.63. The number of hydrogen-bond donors (Lipinski definition) is 1. The van der Waals surface area contributed by atoms with Gasteiger partial charge in [0.15, 0.2) is 0 Å². The Morgan fingerprint density at radius 3 is 2.81 bits per heavy atom. The molecule has 0 spiro atoms. The van der Waals surface area contributed by atoms with E-state index in [1.165, 1.54) is 30.1 Å². The number of nitrogens with zero attached hydrogens (tertiary/aromatic N) is 2. The molecule has 0 saturated heterocycles. The van der Waals surface area contributed by atoms with E-state index in [4.69, 9.17) is 16.7 Å². The number of carboxylic acid groups (broad SMARTS) is 1. The lowest BCUT2D eigenvalue weighted by atomic mass is 10.2. The van der Waals surface area contributed by atoms with Crippen LogP contribution in [0.2, 0.25) is 5.02 Å². The van der Waals surface area contributed by atoms with Crippen molar-refractivity contribution in [3.63, 3.8) is 0 Å². The Labute approximate surface area is 128 Å². The van der Waals surface area contributed by atoms with Crippen LogP contribution in [0.5, 0.6) is 0 Å². The van der Waals surface area contributed by atoms with Crippen LogP contribution in [0.4, 0.5) is 5.69 Å². The van der Waals surface area contributed by atoms with Crippen LogP contribution in [-0.2, 0) is 5.75 Å². The van der Waals surface area contributed by atoms with Crippen LogP contribution in [0.15, 0.2) is 41.4 Å². The number of pyridine rings is 1. The summed E-state index contributed by atoms with van der Waals surface area (Å²) in [6, 6.07) is 7.55. The van der Waals surface area contributed by atoms with E-state index < -0.39 is 10.9 Å². The average molecular weight is 325 g/mol. The standard InChI is InChI=1S/C13H9ClN2O4S/c14-9-2-1-8(12(5-9)16(19)20)7-21-10-3-4-15-11(6-10)13(17)18/h1-6H,7H2,(H,17,18). The van der Waals surface area contributed by atoms with Gasteiger partial charge in [-0.2, -0.15) is 0 Å². The highest BCUT2D eigenvalue weighted by Gasteiger charge is 2.14. The van der Waals surface area contributed by atoms with Crippen LogP contribution in [0, 0.1) is 10.1 Å². The molecule has 0 unspecified atom stereocenters. The molecule has 108 valence electrons. The van der Waals surface area contributed by atoms with Crippen molar-refractivity contribution in [2.75, 3.05) is 0 Å². The second-order valence-corrected chi connectivity index (χ2v) is 5.49. The molecule has 0 aliphatic heterocycles. The van der Waals surface area contributed by atoms with E-state index in [1.807, 2.05) is 0 Å². The fourth-order valence-electron chi connectivity index (χ4n) is 1.61. The van der Waals surface area contributed by atoms with Crippen molar-refractivity contribution >= 4 is 35.0 Å². The molecule has 1 aromatic carbocycles. The lowest BCUT2D eigenvalue weighted by Crippen LogP contribution is -1.99. The fourth-order valence-corrected chi connectivity index (χ4v) is 2.69. The van der Waals surface area contributed by atoms with Gasteiger partial charge in [0.05, 0.1) is 4.92 Å². The van der Waals surface area contributed by atoms with Crippen molar-refractivity contribution in [1.29, 1.82) is 0 Å². The third-order valence-electron chi connectivity index (χ3n) is 2.59. The molecular weight excluding hydrogens is 316 g/mol. The largest absolute Gasteiger partial charge is 0.477 e. The SMILES string of the molecule is O=C(O)c1cc(SCc2ccc(Cl)cc2[N+](=O)[O-])ccn1. The van der Waals surface area contributed by atoms with Crippen molar-refractivity contribution in [2.45, 2.75) is 10.6 Å². The molecule has 0 fully saturated rings. The molecule has 1 heterocycles. The Kier molecular flexibility index (Phi) is 4.77. The molecule has 21 heavy (non-hydrogen) atoms. The summed E-state index contributed by atoms with van der Waals surface area (Å²) in [5.41, 5.74) is 0.399. The van der Waals surface area contributed by atoms with Crippen LogP contribution in [-0.4, -0.2) is 21.0 Å². The monoisotopic (exact) mass is 324 g/mol. The smallest absolute Gasteiger partial charge is 0.354 e. The molecular formula is C13H9ClN2O4S. The van der Waals surface area contributed by atoms with Crippen LogP contribution in [0.1, 0.15) is 16.1 Å². The van der Waals surface area contributed by atoms with Crippen molar-refractivity contribution in [2.24, 2.45) is 0 Å². The first kappa shape index (κ1) is 15.3. The van der Waals surface area contributed by atoms with Gasteiger partial charge < -0.3 is 5.11 Å². The molecule has 0 aliphatic rings. The second-order valence-electron chi connectivity index (χ2n) is 4.00. The summed E-state index contributed by atoms with van der Waals surface area (Å²) in [6.45, 7) is 0. The number of nitro groups is 1. The highest BCUT2D eigenvalue weighted by molar-refractivity contribution is 7.98. The summed E-state index contributed by atoms with van der Waals surface area (Å²) in [7, 11) is 0. The Balaban J connectivity index is 2.18. The summed E-state index contributed by atoms with van der Waals surface area (Å²) >= 11 is 7.04. The minimum Gasteiger partial charge on any atom is -0.477 e. The maximum Gasteiger partial charge on any atom is 0.354 e. The predicted molar refractivity (Wildman–Crippen MR) is 78.9 cm³/mol. The van der Waals surface area contributed by atoms with E-state index in [2.05, 4.69) is 4.98 Å². The van der Waals surface area contributed by atoms with Gasteiger partial charge in [0.2, 0.25) is 0 Å². The van der Waals surface area contributed by atoms with E-state index in [9.17, 15) is 14.9 Å². The molecule has 1 N–H and O–H groups in total. The summed E-state index contributed by atoms with van der Waals surface area (Å²) in [5, 5.41) is 20.1. The summed E-state index contributed by atoms with van der Waals surface area (Å²) < 4.78 is 0. The van der Waals surface area contributed by atoms with Crippen LogP contribution < -0.4 is 0 Å². The molecule has 0 saturated carbocycles. The number of nitro benzene ring substituents is 1. The van der Waals surface area contributed by atoms with Crippen LogP contribution >= 0.6 is 23.4 Å². The Morgan fingerprint density at radius 1 is 1.38 bits per heavy atom. The molecule has 0 aliphatic carbocycles. The lowest BCUT2D eigenvalue weighted by Gasteiger charge is -2.04. The quantitative estimate of drug-likeness (QED) is 0.512. The van der Waals surface area contributed by atoms with Crippen LogP contribution in [0.25, 0.3) is 0 Å². The van der Waals surface area contributed by atoms with Gasteiger partial charge in [-0.15, -0.1) is 11.8 Å². The molecule has 2 rings (SSSR count). The zero-order chi connectivity index (χ0) is 15.4. The van der Waals surface area contributed by atoms with Gasteiger partial charge >= 0.3 is 5.97 Å². The first-order valence-corrected chi connectivity index (χ1v) is 7.08. The molecule has 6 nitrogen and oxygen atoms in total. The van der Waals surface area contributed by atoms with Crippen molar-refractivity contribution in [3.05, 3.63) is 62.9 Å². The van der Waals surface area contributed by atoms with E-state index in [-0.39, 0.29) is 11.4 Å². The van der Waals surface area contributed by atoms with E-state index >= 15 is 0 Å². The first-order valence-electron chi connectivity index (χ1n) is 5.72.